The molecule has 7 heteroatoms. The molecule has 1 aliphatic heterocycles. The molecule has 1 unspecified atom stereocenters. The monoisotopic (exact) mass is 335 g/mol. The normalized spacial score (nSPS) is 18.0. The molecule has 1 aliphatic rings. The van der Waals surface area contributed by atoms with Gasteiger partial charge in [-0.25, -0.2) is 13.8 Å². The van der Waals surface area contributed by atoms with E-state index in [0.29, 0.717) is 5.56 Å². The number of hydrogen-bond acceptors (Lipinski definition) is 4. The molecule has 1 fully saturated rings. The van der Waals surface area contributed by atoms with Crippen molar-refractivity contribution in [3.05, 3.63) is 48.1 Å². The van der Waals surface area contributed by atoms with Crippen LogP contribution in [0.3, 0.4) is 0 Å². The molecule has 0 bridgehead atoms. The first-order valence-electron chi connectivity index (χ1n) is 8.41. The predicted octanol–water partition coefficient (Wildman–Crippen LogP) is 2.33. The molecule has 24 heavy (non-hydrogen) atoms. The Morgan fingerprint density at radius 1 is 1.12 bits per heavy atom. The fourth-order valence-corrected chi connectivity index (χ4v) is 3.34. The maximum atomic E-state index is 14.1. The zero-order chi connectivity index (χ0) is 16.9. The van der Waals surface area contributed by atoms with E-state index >= 15 is 0 Å². The first-order valence-corrected chi connectivity index (χ1v) is 8.41. The van der Waals surface area contributed by atoms with E-state index < -0.39 is 11.6 Å². The van der Waals surface area contributed by atoms with E-state index in [1.54, 1.807) is 18.7 Å². The zero-order valence-corrected chi connectivity index (χ0v) is 13.9. The Balaban J connectivity index is 1.56. The second-order valence-corrected chi connectivity index (χ2v) is 6.13. The Morgan fingerprint density at radius 3 is 2.54 bits per heavy atom. The maximum Gasteiger partial charge on any atom is 0.137 e. The summed E-state index contributed by atoms with van der Waals surface area (Å²) in [5.74, 6) is -0.973. The molecule has 0 radical (unpaired) electrons. The first kappa shape index (κ1) is 17.0. The predicted molar refractivity (Wildman–Crippen MR) is 87.4 cm³/mol. The molecule has 0 N–H and O–H groups in total. The van der Waals surface area contributed by atoms with Crippen LogP contribution in [-0.4, -0.2) is 57.3 Å². The van der Waals surface area contributed by atoms with E-state index in [0.717, 1.165) is 51.8 Å². The van der Waals surface area contributed by atoms with Crippen molar-refractivity contribution in [1.29, 1.82) is 0 Å². The largest absolute Gasteiger partial charge is 0.299 e. The van der Waals surface area contributed by atoms with E-state index in [1.165, 1.54) is 6.07 Å². The van der Waals surface area contributed by atoms with Crippen LogP contribution in [0.2, 0.25) is 0 Å². The number of rotatable bonds is 6. The number of aromatic nitrogens is 3. The average Bonchev–Trinajstić information content (AvgIpc) is 3.10. The fraction of sp³-hybridized carbons (Fsp3) is 0.529. The fourth-order valence-electron chi connectivity index (χ4n) is 3.34. The van der Waals surface area contributed by atoms with Crippen LogP contribution in [0.25, 0.3) is 0 Å². The lowest BCUT2D eigenvalue weighted by atomic mass is 10.0. The van der Waals surface area contributed by atoms with Crippen LogP contribution in [0.15, 0.2) is 30.9 Å². The second kappa shape index (κ2) is 7.81. The highest BCUT2D eigenvalue weighted by Gasteiger charge is 2.25. The minimum Gasteiger partial charge on any atom is -0.299 e. The third-order valence-electron chi connectivity index (χ3n) is 4.67. The molecule has 0 amide bonds. The lowest BCUT2D eigenvalue weighted by Gasteiger charge is -2.39. The minimum atomic E-state index is -0.524. The standard InChI is InChI=1S/C17H23F2N5/c1-2-17(15-4-3-14(18)11-16(15)19)23-8-5-22(6-9-23)7-10-24-13-20-12-21-24/h3-4,11-13,17H,2,5-10H2,1H3. The lowest BCUT2D eigenvalue weighted by molar-refractivity contribution is 0.0895. The number of halogens is 2. The van der Waals surface area contributed by atoms with Crippen LogP contribution in [0.5, 0.6) is 0 Å². The summed E-state index contributed by atoms with van der Waals surface area (Å²) >= 11 is 0. The van der Waals surface area contributed by atoms with Crippen molar-refractivity contribution >= 4 is 0 Å². The van der Waals surface area contributed by atoms with Gasteiger partial charge in [0.25, 0.3) is 0 Å². The molecule has 1 aromatic heterocycles. The molecule has 0 spiro atoms. The van der Waals surface area contributed by atoms with Gasteiger partial charge in [-0.15, -0.1) is 0 Å². The van der Waals surface area contributed by atoms with E-state index in [2.05, 4.69) is 19.9 Å². The van der Waals surface area contributed by atoms with E-state index in [4.69, 9.17) is 0 Å². The Hall–Kier alpha value is -1.86. The molecular formula is C17H23F2N5. The molecule has 0 saturated carbocycles. The molecule has 5 nitrogen and oxygen atoms in total. The Morgan fingerprint density at radius 2 is 1.92 bits per heavy atom. The van der Waals surface area contributed by atoms with E-state index in [-0.39, 0.29) is 6.04 Å². The summed E-state index contributed by atoms with van der Waals surface area (Å²) in [5, 5.41) is 4.11. The van der Waals surface area contributed by atoms with Gasteiger partial charge in [0.15, 0.2) is 0 Å². The van der Waals surface area contributed by atoms with Gasteiger partial charge in [-0.1, -0.05) is 13.0 Å². The van der Waals surface area contributed by atoms with Gasteiger partial charge in [-0.3, -0.25) is 14.5 Å². The summed E-state index contributed by atoms with van der Waals surface area (Å²) in [6, 6.07) is 3.90. The highest BCUT2D eigenvalue weighted by Crippen LogP contribution is 2.27. The average molecular weight is 335 g/mol. The highest BCUT2D eigenvalue weighted by molar-refractivity contribution is 5.22. The molecule has 1 aromatic carbocycles. The van der Waals surface area contributed by atoms with Crippen LogP contribution in [0, 0.1) is 11.6 Å². The molecule has 2 heterocycles. The third-order valence-corrected chi connectivity index (χ3v) is 4.67. The quantitative estimate of drug-likeness (QED) is 0.812. The van der Waals surface area contributed by atoms with Gasteiger partial charge < -0.3 is 0 Å². The van der Waals surface area contributed by atoms with Crippen molar-refractivity contribution in [2.24, 2.45) is 0 Å². The van der Waals surface area contributed by atoms with Crippen LogP contribution < -0.4 is 0 Å². The number of piperazine rings is 1. The van der Waals surface area contributed by atoms with Gasteiger partial charge in [0.05, 0.1) is 6.54 Å². The number of benzene rings is 1. The molecule has 130 valence electrons. The van der Waals surface area contributed by atoms with Crippen molar-refractivity contribution in [1.82, 2.24) is 24.6 Å². The smallest absolute Gasteiger partial charge is 0.137 e. The van der Waals surface area contributed by atoms with Crippen molar-refractivity contribution in [3.63, 3.8) is 0 Å². The molecule has 2 aromatic rings. The van der Waals surface area contributed by atoms with Crippen molar-refractivity contribution in [3.8, 4) is 0 Å². The van der Waals surface area contributed by atoms with Crippen LogP contribution >= 0.6 is 0 Å². The van der Waals surface area contributed by atoms with Gasteiger partial charge in [-0.05, 0) is 12.5 Å². The zero-order valence-electron chi connectivity index (χ0n) is 13.9. The van der Waals surface area contributed by atoms with Crippen molar-refractivity contribution < 1.29 is 8.78 Å². The first-order chi connectivity index (χ1) is 11.7. The summed E-state index contributed by atoms with van der Waals surface area (Å²) in [6.07, 6.45) is 4.07. The molecule has 1 atom stereocenters. The Kier molecular flexibility index (Phi) is 5.52. The number of nitrogens with zero attached hydrogens (tertiary/aromatic N) is 5. The number of hydrogen-bond donors (Lipinski definition) is 0. The molecule has 3 rings (SSSR count). The van der Waals surface area contributed by atoms with Crippen molar-refractivity contribution in [2.75, 3.05) is 32.7 Å². The van der Waals surface area contributed by atoms with Gasteiger partial charge >= 0.3 is 0 Å². The van der Waals surface area contributed by atoms with Crippen LogP contribution in [-0.2, 0) is 6.54 Å². The summed E-state index contributed by atoms with van der Waals surface area (Å²) < 4.78 is 29.1. The van der Waals surface area contributed by atoms with Crippen LogP contribution in [0.4, 0.5) is 8.78 Å². The molecular weight excluding hydrogens is 312 g/mol. The van der Waals surface area contributed by atoms with Gasteiger partial charge in [-0.2, -0.15) is 5.10 Å². The third kappa shape index (κ3) is 3.96. The topological polar surface area (TPSA) is 37.2 Å². The summed E-state index contributed by atoms with van der Waals surface area (Å²) in [7, 11) is 0. The van der Waals surface area contributed by atoms with Gasteiger partial charge in [0, 0.05) is 50.4 Å². The minimum absolute atomic E-state index is 0.00284. The maximum absolute atomic E-state index is 14.1. The Labute approximate surface area is 140 Å². The molecule has 0 aliphatic carbocycles. The van der Waals surface area contributed by atoms with Gasteiger partial charge in [0.1, 0.15) is 24.3 Å². The van der Waals surface area contributed by atoms with Crippen molar-refractivity contribution in [2.45, 2.75) is 25.9 Å². The second-order valence-electron chi connectivity index (χ2n) is 6.13. The van der Waals surface area contributed by atoms with Gasteiger partial charge in [0.2, 0.25) is 0 Å². The van der Waals surface area contributed by atoms with Crippen LogP contribution in [0.1, 0.15) is 24.9 Å². The highest BCUT2D eigenvalue weighted by atomic mass is 19.1. The summed E-state index contributed by atoms with van der Waals surface area (Å²) in [5.41, 5.74) is 0.593. The summed E-state index contributed by atoms with van der Waals surface area (Å²) in [4.78, 5) is 8.62. The SMILES string of the molecule is CCC(c1ccc(F)cc1F)N1CCN(CCn2cncn2)CC1. The summed E-state index contributed by atoms with van der Waals surface area (Å²) in [6.45, 7) is 7.44. The lowest BCUT2D eigenvalue weighted by Crippen LogP contribution is -2.48. The Bertz CT molecular complexity index is 638. The molecule has 1 saturated heterocycles. The van der Waals surface area contributed by atoms with E-state index in [1.807, 2.05) is 11.6 Å². The van der Waals surface area contributed by atoms with E-state index in [9.17, 15) is 8.78 Å².